The number of anilines is 3. The van der Waals surface area contributed by atoms with Crippen molar-refractivity contribution in [1.29, 1.82) is 0 Å². The van der Waals surface area contributed by atoms with E-state index in [9.17, 15) is 18.0 Å². The number of nitrogens with two attached hydrogens (primary N) is 1. The predicted octanol–water partition coefficient (Wildman–Crippen LogP) is 12.5. The lowest BCUT2D eigenvalue weighted by Crippen LogP contribution is -2.17. The Bertz CT molecular complexity index is 2480. The van der Waals surface area contributed by atoms with Crippen molar-refractivity contribution >= 4 is 50.8 Å². The fourth-order valence-electron chi connectivity index (χ4n) is 8.28. The number of alkyl halides is 3. The summed E-state index contributed by atoms with van der Waals surface area (Å²) in [7, 11) is 0. The smallest absolute Gasteiger partial charge is 0.434 e. The standard InChI is InChI=1S/C32H29N.C12H6BrClF3N3O2/c33-32-30-18-22-12-5-7-14-24(22)29(30)19-27(20-9-2-1-3-10-20)31(32)26-16-8-15-25-23-13-6-4-11-21(23)17-28(25)26;13-5-1-2-8(7(14)3-5)19-11-18-4-6(10(21)22)9(20-11)12(15,16)17/h4-8,11-16,19-20H,1-3,9-10,17-18,33H2;1-4H,(H,21,22)(H,18,19,20). The molecule has 0 spiro atoms. The molecule has 4 N–H and O–H groups in total. The zero-order valence-electron chi connectivity index (χ0n) is 29.5. The van der Waals surface area contributed by atoms with Crippen molar-refractivity contribution < 1.29 is 23.1 Å². The largest absolute Gasteiger partial charge is 0.478 e. The molecule has 0 radical (unpaired) electrons. The van der Waals surface area contributed by atoms with Gasteiger partial charge in [-0.1, -0.05) is 114 Å². The van der Waals surface area contributed by atoms with Crippen LogP contribution in [-0.2, 0) is 19.0 Å². The van der Waals surface area contributed by atoms with Gasteiger partial charge in [0.25, 0.3) is 0 Å². The molecule has 0 aliphatic heterocycles. The molecule has 5 aromatic carbocycles. The van der Waals surface area contributed by atoms with Crippen LogP contribution in [0, 0.1) is 0 Å². The van der Waals surface area contributed by atoms with Crippen LogP contribution in [0.5, 0.6) is 0 Å². The Hall–Kier alpha value is -5.19. The van der Waals surface area contributed by atoms with Gasteiger partial charge in [-0.25, -0.2) is 14.8 Å². The first kappa shape index (κ1) is 36.8. The average Bonchev–Trinajstić information content (AvgIpc) is 3.75. The van der Waals surface area contributed by atoms with Crippen LogP contribution in [0.4, 0.5) is 30.5 Å². The molecule has 55 heavy (non-hydrogen) atoms. The number of nitrogen functional groups attached to an aromatic ring is 1. The van der Waals surface area contributed by atoms with Crippen LogP contribution in [0.25, 0.3) is 33.4 Å². The highest BCUT2D eigenvalue weighted by molar-refractivity contribution is 9.10. The summed E-state index contributed by atoms with van der Waals surface area (Å²) < 4.78 is 39.2. The van der Waals surface area contributed by atoms with E-state index in [1.54, 1.807) is 6.07 Å². The SMILES string of the molecule is Nc1c2c(cc(C3CCCCC3)c1-c1cccc3c1Cc1ccccc1-3)-c1ccccc1C2.O=C(O)c1cnc(Nc2ccc(Br)cc2Cl)nc1C(F)(F)F. The van der Waals surface area contributed by atoms with E-state index in [2.05, 4.69) is 104 Å². The second-order valence-electron chi connectivity index (χ2n) is 14.1. The van der Waals surface area contributed by atoms with E-state index in [0.717, 1.165) is 18.5 Å². The van der Waals surface area contributed by atoms with Crippen LogP contribution in [0.3, 0.4) is 0 Å². The van der Waals surface area contributed by atoms with Gasteiger partial charge >= 0.3 is 12.1 Å². The summed E-state index contributed by atoms with van der Waals surface area (Å²) in [5.74, 6) is -1.57. The number of hydrogen-bond donors (Lipinski definition) is 3. The number of benzene rings is 5. The molecule has 0 amide bonds. The van der Waals surface area contributed by atoms with Gasteiger partial charge in [0.05, 0.1) is 10.7 Å². The van der Waals surface area contributed by atoms with E-state index in [1.165, 1.54) is 105 Å². The molecule has 0 atom stereocenters. The molecule has 278 valence electrons. The van der Waals surface area contributed by atoms with Crippen molar-refractivity contribution in [3.05, 3.63) is 146 Å². The van der Waals surface area contributed by atoms with Crippen molar-refractivity contribution in [3.63, 3.8) is 0 Å². The quantitative estimate of drug-likeness (QED) is 0.149. The first-order valence-electron chi connectivity index (χ1n) is 18.1. The fourth-order valence-corrected chi connectivity index (χ4v) is 9.00. The van der Waals surface area contributed by atoms with Crippen molar-refractivity contribution in [2.45, 2.75) is 57.0 Å². The third kappa shape index (κ3) is 7.09. The molecule has 1 heterocycles. The van der Waals surface area contributed by atoms with Crippen molar-refractivity contribution in [2.24, 2.45) is 0 Å². The number of carbonyl (C=O) groups is 1. The topological polar surface area (TPSA) is 101 Å². The lowest BCUT2D eigenvalue weighted by Gasteiger charge is -2.28. The second kappa shape index (κ2) is 14.8. The molecule has 3 aliphatic rings. The molecule has 6 aromatic rings. The van der Waals surface area contributed by atoms with Crippen LogP contribution < -0.4 is 11.1 Å². The van der Waals surface area contributed by atoms with Crippen LogP contribution in [-0.4, -0.2) is 21.0 Å². The molecule has 6 nitrogen and oxygen atoms in total. The minimum absolute atomic E-state index is 0.230. The number of halogens is 5. The van der Waals surface area contributed by atoms with Gasteiger partial charge < -0.3 is 16.2 Å². The lowest BCUT2D eigenvalue weighted by atomic mass is 9.77. The number of nitrogens with zero attached hydrogens (tertiary/aromatic N) is 2. The summed E-state index contributed by atoms with van der Waals surface area (Å²) in [6, 6.07) is 31.8. The zero-order valence-corrected chi connectivity index (χ0v) is 31.8. The number of fused-ring (bicyclic) bond motifs is 6. The van der Waals surface area contributed by atoms with Crippen molar-refractivity contribution in [3.8, 4) is 33.4 Å². The van der Waals surface area contributed by atoms with Gasteiger partial charge in [-0.15, -0.1) is 0 Å². The molecule has 1 saturated carbocycles. The van der Waals surface area contributed by atoms with Crippen LogP contribution in [0.2, 0.25) is 5.02 Å². The third-order valence-corrected chi connectivity index (χ3v) is 11.6. The molecule has 1 fully saturated rings. The van der Waals surface area contributed by atoms with E-state index >= 15 is 0 Å². The monoisotopic (exact) mass is 822 g/mol. The summed E-state index contributed by atoms with van der Waals surface area (Å²) >= 11 is 9.11. The summed E-state index contributed by atoms with van der Waals surface area (Å²) in [5.41, 5.74) is 21.3. The number of rotatable bonds is 5. The molecule has 0 bridgehead atoms. The highest BCUT2D eigenvalue weighted by Crippen LogP contribution is 2.51. The molecule has 3 aliphatic carbocycles. The van der Waals surface area contributed by atoms with Gasteiger partial charge in [-0.2, -0.15) is 13.2 Å². The normalized spacial score (nSPS) is 14.3. The summed E-state index contributed by atoms with van der Waals surface area (Å²) in [6.45, 7) is 0. The highest BCUT2D eigenvalue weighted by atomic mass is 79.9. The minimum Gasteiger partial charge on any atom is -0.478 e. The summed E-state index contributed by atoms with van der Waals surface area (Å²) in [4.78, 5) is 17.6. The molecule has 11 heteroatoms. The summed E-state index contributed by atoms with van der Waals surface area (Å²) in [5, 5.41) is 11.5. The Morgan fingerprint density at radius 3 is 2.13 bits per heavy atom. The second-order valence-corrected chi connectivity index (χ2v) is 15.4. The average molecular weight is 824 g/mol. The van der Waals surface area contributed by atoms with E-state index in [1.807, 2.05) is 0 Å². The Morgan fingerprint density at radius 1 is 0.818 bits per heavy atom. The summed E-state index contributed by atoms with van der Waals surface area (Å²) in [6.07, 6.45) is 4.21. The van der Waals surface area contributed by atoms with Crippen LogP contribution in [0.1, 0.15) is 81.9 Å². The molecule has 1 aromatic heterocycles. The highest BCUT2D eigenvalue weighted by Gasteiger charge is 2.38. The van der Waals surface area contributed by atoms with Gasteiger partial charge in [0.15, 0.2) is 5.69 Å². The molecule has 9 rings (SSSR count). The molecule has 0 unspecified atom stereocenters. The lowest BCUT2D eigenvalue weighted by molar-refractivity contribution is -0.141. The maximum atomic E-state index is 12.8. The first-order chi connectivity index (χ1) is 26.5. The number of aromatic nitrogens is 2. The molecular weight excluding hydrogens is 789 g/mol. The Kier molecular flexibility index (Phi) is 9.90. The van der Waals surface area contributed by atoms with Gasteiger partial charge in [0.1, 0.15) is 5.56 Å². The van der Waals surface area contributed by atoms with Crippen molar-refractivity contribution in [1.82, 2.24) is 9.97 Å². The molecule has 0 saturated heterocycles. The predicted molar refractivity (Wildman–Crippen MR) is 215 cm³/mol. The zero-order chi connectivity index (χ0) is 38.4. The van der Waals surface area contributed by atoms with E-state index in [0.29, 0.717) is 16.6 Å². The molecular formula is C44H35BrClF3N4O2. The number of hydrogen-bond acceptors (Lipinski definition) is 5. The fraction of sp³-hybridized carbons (Fsp3) is 0.205. The number of aromatic carboxylic acids is 1. The number of carboxylic acid groups (broad SMARTS) is 1. The van der Waals surface area contributed by atoms with Gasteiger partial charge in [-0.05, 0) is 105 Å². The maximum absolute atomic E-state index is 12.8. The van der Waals surface area contributed by atoms with E-state index in [-0.39, 0.29) is 10.7 Å². The van der Waals surface area contributed by atoms with Crippen LogP contribution in [0.15, 0.2) is 102 Å². The Labute approximate surface area is 329 Å². The van der Waals surface area contributed by atoms with E-state index in [4.69, 9.17) is 22.4 Å². The Morgan fingerprint density at radius 2 is 1.45 bits per heavy atom. The number of nitrogens with one attached hydrogen (secondary N) is 1. The van der Waals surface area contributed by atoms with Gasteiger partial charge in [0.2, 0.25) is 5.95 Å². The first-order valence-corrected chi connectivity index (χ1v) is 19.3. The van der Waals surface area contributed by atoms with E-state index < -0.39 is 29.4 Å². The van der Waals surface area contributed by atoms with Crippen molar-refractivity contribution in [2.75, 3.05) is 11.1 Å². The minimum atomic E-state index is -4.92. The third-order valence-electron chi connectivity index (χ3n) is 10.8. The Balaban J connectivity index is 0.000000170. The van der Waals surface area contributed by atoms with Gasteiger partial charge in [0, 0.05) is 28.3 Å². The maximum Gasteiger partial charge on any atom is 0.434 e. The van der Waals surface area contributed by atoms with Crippen LogP contribution >= 0.6 is 27.5 Å². The number of carboxylic acids is 1. The van der Waals surface area contributed by atoms with Gasteiger partial charge in [-0.3, -0.25) is 0 Å².